The van der Waals surface area contributed by atoms with Crippen molar-refractivity contribution in [2.75, 3.05) is 0 Å². The molecule has 3 nitrogen and oxygen atoms in total. The molecule has 0 aromatic heterocycles. The van der Waals surface area contributed by atoms with Gasteiger partial charge in [0, 0.05) is 12.1 Å². The second-order valence-electron chi connectivity index (χ2n) is 3.55. The minimum absolute atomic E-state index is 0.0752. The van der Waals surface area contributed by atoms with Crippen molar-refractivity contribution in [1.82, 2.24) is 0 Å². The van der Waals surface area contributed by atoms with Crippen LogP contribution >= 0.6 is 0 Å². The summed E-state index contributed by atoms with van der Waals surface area (Å²) in [6.45, 7) is 3.93. The molecule has 0 aliphatic carbocycles. The predicted molar refractivity (Wildman–Crippen MR) is 51.8 cm³/mol. The van der Waals surface area contributed by atoms with Crippen molar-refractivity contribution in [2.45, 2.75) is 57.7 Å². The maximum Gasteiger partial charge on any atom is 0.0688 e. The first-order valence-corrected chi connectivity index (χ1v) is 4.77. The van der Waals surface area contributed by atoms with Crippen LogP contribution in [-0.2, 0) is 0 Å². The standard InChI is InChI=1S/C9H22N2O/c1-3-9(12)8(11)6-4-5-7(2)10/h7-9,12H,3-6,10-11H2,1-2H3. The third-order valence-electron chi connectivity index (χ3n) is 2.11. The summed E-state index contributed by atoms with van der Waals surface area (Å²) in [7, 11) is 0. The van der Waals surface area contributed by atoms with Crippen molar-refractivity contribution in [1.29, 1.82) is 0 Å². The summed E-state index contributed by atoms with van der Waals surface area (Å²) in [5.41, 5.74) is 11.3. The largest absolute Gasteiger partial charge is 0.392 e. The van der Waals surface area contributed by atoms with Crippen molar-refractivity contribution in [2.24, 2.45) is 11.5 Å². The second-order valence-corrected chi connectivity index (χ2v) is 3.55. The van der Waals surface area contributed by atoms with Gasteiger partial charge in [0.2, 0.25) is 0 Å². The predicted octanol–water partition coefficient (Wildman–Crippen LogP) is 0.602. The van der Waals surface area contributed by atoms with Gasteiger partial charge in [-0.2, -0.15) is 0 Å². The van der Waals surface area contributed by atoms with Crippen LogP contribution in [0.5, 0.6) is 0 Å². The number of rotatable bonds is 6. The summed E-state index contributed by atoms with van der Waals surface area (Å²) in [6, 6.07) is 0.171. The van der Waals surface area contributed by atoms with Crippen LogP contribution in [0.2, 0.25) is 0 Å². The van der Waals surface area contributed by atoms with E-state index in [0.29, 0.717) is 0 Å². The topological polar surface area (TPSA) is 72.3 Å². The zero-order valence-electron chi connectivity index (χ0n) is 8.16. The summed E-state index contributed by atoms with van der Waals surface area (Å²) in [6.07, 6.45) is 3.26. The number of aliphatic hydroxyl groups excluding tert-OH is 1. The Morgan fingerprint density at radius 1 is 1.25 bits per heavy atom. The van der Waals surface area contributed by atoms with E-state index in [4.69, 9.17) is 11.5 Å². The van der Waals surface area contributed by atoms with E-state index in [-0.39, 0.29) is 18.2 Å². The van der Waals surface area contributed by atoms with E-state index in [1.165, 1.54) is 0 Å². The molecule has 0 spiro atoms. The van der Waals surface area contributed by atoms with Gasteiger partial charge in [0.15, 0.2) is 0 Å². The monoisotopic (exact) mass is 174 g/mol. The molecule has 3 heteroatoms. The molecule has 0 amide bonds. The third-order valence-corrected chi connectivity index (χ3v) is 2.11. The zero-order chi connectivity index (χ0) is 9.56. The fourth-order valence-corrected chi connectivity index (χ4v) is 1.17. The first-order chi connectivity index (χ1) is 5.57. The Bertz CT molecular complexity index is 107. The Morgan fingerprint density at radius 2 is 1.83 bits per heavy atom. The van der Waals surface area contributed by atoms with E-state index in [1.54, 1.807) is 0 Å². The summed E-state index contributed by atoms with van der Waals surface area (Å²) in [4.78, 5) is 0. The molecule has 0 saturated heterocycles. The molecule has 0 radical (unpaired) electrons. The number of aliphatic hydroxyl groups is 1. The van der Waals surface area contributed by atoms with Crippen LogP contribution in [0.15, 0.2) is 0 Å². The molecule has 0 aliphatic heterocycles. The molecule has 3 unspecified atom stereocenters. The molecule has 3 atom stereocenters. The first kappa shape index (κ1) is 11.9. The molecule has 0 fully saturated rings. The lowest BCUT2D eigenvalue weighted by Crippen LogP contribution is -2.34. The average molecular weight is 174 g/mol. The molecule has 0 aliphatic rings. The summed E-state index contributed by atoms with van der Waals surface area (Å²) < 4.78 is 0. The van der Waals surface area contributed by atoms with Gasteiger partial charge in [-0.05, 0) is 26.2 Å². The maximum atomic E-state index is 9.34. The maximum absolute atomic E-state index is 9.34. The highest BCUT2D eigenvalue weighted by Crippen LogP contribution is 2.06. The lowest BCUT2D eigenvalue weighted by atomic mass is 10.0. The Kier molecular flexibility index (Phi) is 6.34. The summed E-state index contributed by atoms with van der Waals surface area (Å²) in [5, 5.41) is 9.34. The van der Waals surface area contributed by atoms with Crippen LogP contribution in [0, 0.1) is 0 Å². The SMILES string of the molecule is CCC(O)C(N)CCCC(C)N. The van der Waals surface area contributed by atoms with Gasteiger partial charge < -0.3 is 16.6 Å². The number of hydrogen-bond acceptors (Lipinski definition) is 3. The lowest BCUT2D eigenvalue weighted by Gasteiger charge is -2.17. The normalized spacial score (nSPS) is 18.8. The van der Waals surface area contributed by atoms with E-state index >= 15 is 0 Å². The first-order valence-electron chi connectivity index (χ1n) is 4.77. The molecular formula is C9H22N2O. The van der Waals surface area contributed by atoms with Crippen molar-refractivity contribution in [3.05, 3.63) is 0 Å². The molecule has 12 heavy (non-hydrogen) atoms. The van der Waals surface area contributed by atoms with Gasteiger partial charge in [-0.1, -0.05) is 13.3 Å². The lowest BCUT2D eigenvalue weighted by molar-refractivity contribution is 0.135. The molecule has 74 valence electrons. The van der Waals surface area contributed by atoms with Crippen molar-refractivity contribution in [3.63, 3.8) is 0 Å². The molecule has 0 aromatic carbocycles. The minimum atomic E-state index is -0.349. The van der Waals surface area contributed by atoms with Gasteiger partial charge in [0.05, 0.1) is 6.10 Å². The quantitative estimate of drug-likeness (QED) is 0.552. The van der Waals surface area contributed by atoms with Gasteiger partial charge in [0.25, 0.3) is 0 Å². The number of nitrogens with two attached hydrogens (primary N) is 2. The van der Waals surface area contributed by atoms with Crippen molar-refractivity contribution in [3.8, 4) is 0 Å². The van der Waals surface area contributed by atoms with Gasteiger partial charge in [0.1, 0.15) is 0 Å². The Labute approximate surface area is 75.1 Å². The average Bonchev–Trinajstić information content (AvgIpc) is 2.02. The Hall–Kier alpha value is -0.120. The van der Waals surface area contributed by atoms with Crippen LogP contribution < -0.4 is 11.5 Å². The molecule has 5 N–H and O–H groups in total. The van der Waals surface area contributed by atoms with Crippen LogP contribution in [0.25, 0.3) is 0 Å². The van der Waals surface area contributed by atoms with Crippen LogP contribution in [0.1, 0.15) is 39.5 Å². The molecule has 0 saturated carbocycles. The molecule has 0 bridgehead atoms. The highest BCUT2D eigenvalue weighted by molar-refractivity contribution is 4.70. The van der Waals surface area contributed by atoms with Crippen molar-refractivity contribution >= 4 is 0 Å². The van der Waals surface area contributed by atoms with Crippen LogP contribution in [-0.4, -0.2) is 23.3 Å². The van der Waals surface area contributed by atoms with Gasteiger partial charge >= 0.3 is 0 Å². The van der Waals surface area contributed by atoms with E-state index < -0.39 is 0 Å². The fraction of sp³-hybridized carbons (Fsp3) is 1.00. The van der Waals surface area contributed by atoms with Gasteiger partial charge in [-0.3, -0.25) is 0 Å². The zero-order valence-corrected chi connectivity index (χ0v) is 8.16. The molecule has 0 heterocycles. The highest BCUT2D eigenvalue weighted by Gasteiger charge is 2.11. The summed E-state index contributed by atoms with van der Waals surface area (Å²) in [5.74, 6) is 0. The van der Waals surface area contributed by atoms with E-state index in [9.17, 15) is 5.11 Å². The third kappa shape index (κ3) is 5.52. The van der Waals surface area contributed by atoms with Gasteiger partial charge in [-0.15, -0.1) is 0 Å². The summed E-state index contributed by atoms with van der Waals surface area (Å²) >= 11 is 0. The van der Waals surface area contributed by atoms with E-state index in [2.05, 4.69) is 0 Å². The minimum Gasteiger partial charge on any atom is -0.392 e. The molecule has 0 aromatic rings. The van der Waals surface area contributed by atoms with E-state index in [0.717, 1.165) is 25.7 Å². The Morgan fingerprint density at radius 3 is 2.25 bits per heavy atom. The second kappa shape index (κ2) is 6.40. The van der Waals surface area contributed by atoms with Crippen LogP contribution in [0.3, 0.4) is 0 Å². The smallest absolute Gasteiger partial charge is 0.0688 e. The van der Waals surface area contributed by atoms with Crippen LogP contribution in [0.4, 0.5) is 0 Å². The highest BCUT2D eigenvalue weighted by atomic mass is 16.3. The van der Waals surface area contributed by atoms with Gasteiger partial charge in [-0.25, -0.2) is 0 Å². The molecular weight excluding hydrogens is 152 g/mol. The van der Waals surface area contributed by atoms with Crippen molar-refractivity contribution < 1.29 is 5.11 Å². The van der Waals surface area contributed by atoms with E-state index in [1.807, 2.05) is 13.8 Å². The fourth-order valence-electron chi connectivity index (χ4n) is 1.17. The Balaban J connectivity index is 3.37. The number of hydrogen-bond donors (Lipinski definition) is 3. The molecule has 0 rings (SSSR count).